The SMILES string of the molecule is COc1ccc(C2C(C(=O)Nc3ccccc3)=C(C)N=c3sc(=Cc4ccc(C(C)C)cc4)c(=O)n32)cc1. The summed E-state index contributed by atoms with van der Waals surface area (Å²) in [5, 5.41) is 2.97. The first-order chi connectivity index (χ1) is 18.4. The summed E-state index contributed by atoms with van der Waals surface area (Å²) < 4.78 is 7.54. The van der Waals surface area contributed by atoms with Crippen LogP contribution in [0, 0.1) is 0 Å². The Morgan fingerprint density at radius 1 is 1.03 bits per heavy atom. The molecule has 1 atom stereocenters. The number of para-hydroxylation sites is 1. The fourth-order valence-corrected chi connectivity index (χ4v) is 5.61. The first-order valence-electron chi connectivity index (χ1n) is 12.5. The van der Waals surface area contributed by atoms with Crippen LogP contribution >= 0.6 is 11.3 Å². The maximum atomic E-state index is 13.8. The van der Waals surface area contributed by atoms with E-state index in [1.807, 2.05) is 79.7 Å². The number of amides is 1. The highest BCUT2D eigenvalue weighted by Crippen LogP contribution is 2.31. The Morgan fingerprint density at radius 2 is 1.71 bits per heavy atom. The van der Waals surface area contributed by atoms with Crippen molar-refractivity contribution in [2.75, 3.05) is 12.4 Å². The second-order valence-corrected chi connectivity index (χ2v) is 10.5. The number of carbonyl (C=O) groups is 1. The van der Waals surface area contributed by atoms with Gasteiger partial charge in [0.25, 0.3) is 11.5 Å². The summed E-state index contributed by atoms with van der Waals surface area (Å²) in [6.45, 7) is 6.12. The van der Waals surface area contributed by atoms with Gasteiger partial charge in [0, 0.05) is 5.69 Å². The van der Waals surface area contributed by atoms with Crippen LogP contribution in [0.1, 0.15) is 49.4 Å². The molecule has 192 valence electrons. The fourth-order valence-electron chi connectivity index (χ4n) is 4.56. The Balaban J connectivity index is 1.64. The number of methoxy groups -OCH3 is 1. The molecule has 7 heteroatoms. The zero-order valence-electron chi connectivity index (χ0n) is 21.8. The van der Waals surface area contributed by atoms with Gasteiger partial charge in [-0.05, 0) is 59.9 Å². The lowest BCUT2D eigenvalue weighted by Gasteiger charge is -2.25. The van der Waals surface area contributed by atoms with Gasteiger partial charge in [0.1, 0.15) is 5.75 Å². The lowest BCUT2D eigenvalue weighted by molar-refractivity contribution is -0.113. The summed E-state index contributed by atoms with van der Waals surface area (Å²) in [5.41, 5.74) is 4.49. The van der Waals surface area contributed by atoms with Crippen molar-refractivity contribution in [1.29, 1.82) is 0 Å². The van der Waals surface area contributed by atoms with Crippen molar-refractivity contribution in [2.24, 2.45) is 4.99 Å². The van der Waals surface area contributed by atoms with E-state index in [0.29, 0.717) is 38.0 Å². The van der Waals surface area contributed by atoms with Gasteiger partial charge in [-0.2, -0.15) is 0 Å². The zero-order chi connectivity index (χ0) is 26.8. The molecule has 1 unspecified atom stereocenters. The molecule has 1 aliphatic rings. The summed E-state index contributed by atoms with van der Waals surface area (Å²) in [6.07, 6.45) is 1.89. The number of aromatic nitrogens is 1. The monoisotopic (exact) mass is 523 g/mol. The van der Waals surface area contributed by atoms with Crippen molar-refractivity contribution in [2.45, 2.75) is 32.7 Å². The Labute approximate surface area is 225 Å². The van der Waals surface area contributed by atoms with Crippen molar-refractivity contribution in [1.82, 2.24) is 4.57 Å². The van der Waals surface area contributed by atoms with Crippen LogP contribution in [0.25, 0.3) is 6.08 Å². The summed E-state index contributed by atoms with van der Waals surface area (Å²) in [6, 6.07) is 24.3. The van der Waals surface area contributed by atoms with E-state index in [9.17, 15) is 9.59 Å². The summed E-state index contributed by atoms with van der Waals surface area (Å²) in [5.74, 6) is 0.834. The molecule has 0 fully saturated rings. The number of anilines is 1. The molecular formula is C31H29N3O3S. The summed E-state index contributed by atoms with van der Waals surface area (Å²) >= 11 is 1.33. The number of nitrogens with zero attached hydrogens (tertiary/aromatic N) is 2. The van der Waals surface area contributed by atoms with E-state index in [0.717, 1.165) is 11.1 Å². The van der Waals surface area contributed by atoms with Gasteiger partial charge in [-0.1, -0.05) is 79.8 Å². The molecular weight excluding hydrogens is 494 g/mol. The van der Waals surface area contributed by atoms with E-state index >= 15 is 0 Å². The number of thiazole rings is 1. The van der Waals surface area contributed by atoms with Gasteiger partial charge < -0.3 is 10.1 Å². The average molecular weight is 524 g/mol. The van der Waals surface area contributed by atoms with Crippen LogP contribution < -0.4 is 24.9 Å². The molecule has 1 aliphatic heterocycles. The number of allylic oxidation sites excluding steroid dienone is 1. The molecule has 1 amide bonds. The Morgan fingerprint density at radius 3 is 2.34 bits per heavy atom. The highest BCUT2D eigenvalue weighted by molar-refractivity contribution is 7.07. The van der Waals surface area contributed by atoms with Gasteiger partial charge in [-0.3, -0.25) is 14.2 Å². The largest absolute Gasteiger partial charge is 0.497 e. The number of ether oxygens (including phenoxy) is 1. The van der Waals surface area contributed by atoms with Crippen molar-refractivity contribution in [3.8, 4) is 5.75 Å². The van der Waals surface area contributed by atoms with E-state index in [1.165, 1.54) is 16.9 Å². The van der Waals surface area contributed by atoms with Crippen LogP contribution in [0.5, 0.6) is 5.75 Å². The number of hydrogen-bond acceptors (Lipinski definition) is 5. The van der Waals surface area contributed by atoms with Crippen LogP contribution in [0.15, 0.2) is 99.9 Å². The lowest BCUT2D eigenvalue weighted by atomic mass is 9.95. The molecule has 4 aromatic rings. The number of hydrogen-bond donors (Lipinski definition) is 1. The van der Waals surface area contributed by atoms with E-state index < -0.39 is 6.04 Å². The number of nitrogens with one attached hydrogen (secondary N) is 1. The molecule has 6 nitrogen and oxygen atoms in total. The standard InChI is InChI=1S/C31H29N3O3S/c1-19(2)22-12-10-21(11-13-22)18-26-30(36)34-28(23-14-16-25(37-4)17-15-23)27(20(3)32-31(34)38-26)29(35)33-24-8-6-5-7-9-24/h5-19,28H,1-4H3,(H,33,35). The molecule has 1 N–H and O–H groups in total. The molecule has 1 aromatic heterocycles. The third kappa shape index (κ3) is 4.97. The third-order valence-electron chi connectivity index (χ3n) is 6.63. The van der Waals surface area contributed by atoms with Gasteiger partial charge >= 0.3 is 0 Å². The van der Waals surface area contributed by atoms with Crippen LogP contribution in [0.3, 0.4) is 0 Å². The van der Waals surface area contributed by atoms with Crippen LogP contribution in [0.2, 0.25) is 0 Å². The molecule has 3 aromatic carbocycles. The van der Waals surface area contributed by atoms with Gasteiger partial charge in [0.05, 0.1) is 29.0 Å². The molecule has 0 radical (unpaired) electrons. The fraction of sp³-hybridized carbons (Fsp3) is 0.194. The smallest absolute Gasteiger partial charge is 0.271 e. The molecule has 0 bridgehead atoms. The van der Waals surface area contributed by atoms with Crippen molar-refractivity contribution >= 4 is 29.0 Å². The lowest BCUT2D eigenvalue weighted by Crippen LogP contribution is -2.40. The number of benzene rings is 3. The van der Waals surface area contributed by atoms with Crippen LogP contribution in [-0.4, -0.2) is 17.6 Å². The topological polar surface area (TPSA) is 72.7 Å². The van der Waals surface area contributed by atoms with Crippen LogP contribution in [-0.2, 0) is 4.79 Å². The van der Waals surface area contributed by atoms with E-state index in [1.54, 1.807) is 11.7 Å². The Kier molecular flexibility index (Phi) is 7.11. The summed E-state index contributed by atoms with van der Waals surface area (Å²) in [7, 11) is 1.61. The number of fused-ring (bicyclic) bond motifs is 1. The molecule has 0 aliphatic carbocycles. The van der Waals surface area contributed by atoms with Crippen LogP contribution in [0.4, 0.5) is 5.69 Å². The predicted octanol–water partition coefficient (Wildman–Crippen LogP) is 5.01. The maximum absolute atomic E-state index is 13.8. The normalized spacial score (nSPS) is 15.3. The average Bonchev–Trinajstić information content (AvgIpc) is 3.22. The van der Waals surface area contributed by atoms with E-state index in [2.05, 4.69) is 31.3 Å². The minimum Gasteiger partial charge on any atom is -0.497 e. The van der Waals surface area contributed by atoms with Crippen molar-refractivity contribution in [3.63, 3.8) is 0 Å². The maximum Gasteiger partial charge on any atom is 0.271 e. The second kappa shape index (κ2) is 10.6. The molecule has 0 spiro atoms. The number of rotatable bonds is 6. The third-order valence-corrected chi connectivity index (χ3v) is 7.61. The highest BCUT2D eigenvalue weighted by atomic mass is 32.1. The Bertz CT molecular complexity index is 1680. The second-order valence-electron chi connectivity index (χ2n) is 9.50. The van der Waals surface area contributed by atoms with Crippen molar-refractivity contribution < 1.29 is 9.53 Å². The molecule has 5 rings (SSSR count). The van der Waals surface area contributed by atoms with E-state index in [-0.39, 0.29) is 11.5 Å². The minimum absolute atomic E-state index is 0.181. The predicted molar refractivity (Wildman–Crippen MR) is 152 cm³/mol. The highest BCUT2D eigenvalue weighted by Gasteiger charge is 2.32. The molecule has 2 heterocycles. The van der Waals surface area contributed by atoms with Crippen molar-refractivity contribution in [3.05, 3.63) is 127 Å². The zero-order valence-corrected chi connectivity index (χ0v) is 22.6. The van der Waals surface area contributed by atoms with Gasteiger partial charge in [-0.15, -0.1) is 0 Å². The minimum atomic E-state index is -0.633. The van der Waals surface area contributed by atoms with E-state index in [4.69, 9.17) is 9.73 Å². The molecule has 0 saturated carbocycles. The number of carbonyl (C=O) groups excluding carboxylic acids is 1. The van der Waals surface area contributed by atoms with Gasteiger partial charge in [-0.25, -0.2) is 4.99 Å². The van der Waals surface area contributed by atoms with Gasteiger partial charge in [0.2, 0.25) is 0 Å². The first-order valence-corrected chi connectivity index (χ1v) is 13.3. The molecule has 0 saturated heterocycles. The first kappa shape index (κ1) is 25.4. The Hall–Kier alpha value is -4.23. The quantitative estimate of drug-likeness (QED) is 0.386. The summed E-state index contributed by atoms with van der Waals surface area (Å²) in [4.78, 5) is 32.7. The van der Waals surface area contributed by atoms with Gasteiger partial charge in [0.15, 0.2) is 4.80 Å². The molecule has 38 heavy (non-hydrogen) atoms.